The Morgan fingerprint density at radius 1 is 0.404 bits per heavy atom. The molecule has 340 valence electrons. The Balaban J connectivity index is 3.43. The van der Waals surface area contributed by atoms with Crippen LogP contribution in [-0.4, -0.2) is 36.4 Å². The van der Waals surface area contributed by atoms with Gasteiger partial charge in [-0.15, -0.1) is 0 Å². The van der Waals surface area contributed by atoms with Crippen LogP contribution in [-0.2, 0) is 19.1 Å². The molecular weight excluding hydrogens is 705 g/mol. The van der Waals surface area contributed by atoms with E-state index in [2.05, 4.69) is 27.7 Å². The maximum absolute atomic E-state index is 12.3. The molecule has 5 heteroatoms. The second-order valence-electron chi connectivity index (χ2n) is 18.7. The van der Waals surface area contributed by atoms with Gasteiger partial charge in [0.15, 0.2) is 6.10 Å². The van der Waals surface area contributed by atoms with Crippen LogP contribution in [0.4, 0.5) is 0 Å². The highest BCUT2D eigenvalue weighted by atomic mass is 16.6. The average molecular weight is 807 g/mol. The molecule has 5 nitrogen and oxygen atoms in total. The first-order chi connectivity index (χ1) is 27.9. The molecule has 0 fully saturated rings. The van der Waals surface area contributed by atoms with E-state index in [4.69, 9.17) is 9.47 Å². The first-order valence-corrected chi connectivity index (χ1v) is 25.8. The molecule has 0 saturated carbocycles. The third-order valence-corrected chi connectivity index (χ3v) is 12.4. The van der Waals surface area contributed by atoms with E-state index < -0.39 is 6.10 Å². The number of aliphatic hydroxyl groups excluding tert-OH is 1. The molecule has 0 aromatic rings. The molecular formula is C52H102O5. The topological polar surface area (TPSA) is 72.8 Å². The van der Waals surface area contributed by atoms with Crippen molar-refractivity contribution in [1.29, 1.82) is 0 Å². The van der Waals surface area contributed by atoms with Gasteiger partial charge in [-0.2, -0.15) is 0 Å². The molecule has 0 radical (unpaired) electrons. The van der Waals surface area contributed by atoms with Crippen molar-refractivity contribution in [2.75, 3.05) is 13.2 Å². The highest BCUT2D eigenvalue weighted by Gasteiger charge is 2.16. The summed E-state index contributed by atoms with van der Waals surface area (Å²) in [6.45, 7) is 8.97. The van der Waals surface area contributed by atoms with Crippen LogP contribution in [0.15, 0.2) is 0 Å². The molecule has 57 heavy (non-hydrogen) atoms. The van der Waals surface area contributed by atoms with E-state index in [0.29, 0.717) is 12.8 Å². The van der Waals surface area contributed by atoms with Gasteiger partial charge in [0.2, 0.25) is 0 Å². The number of ether oxygens (including phenoxy) is 2. The van der Waals surface area contributed by atoms with Crippen molar-refractivity contribution in [2.45, 2.75) is 297 Å². The summed E-state index contributed by atoms with van der Waals surface area (Å²) >= 11 is 0. The maximum Gasteiger partial charge on any atom is 0.306 e. The fourth-order valence-electron chi connectivity index (χ4n) is 8.07. The van der Waals surface area contributed by atoms with Crippen molar-refractivity contribution in [3.63, 3.8) is 0 Å². The molecule has 0 aliphatic carbocycles. The van der Waals surface area contributed by atoms with Crippen LogP contribution in [0, 0.1) is 11.8 Å². The zero-order valence-corrected chi connectivity index (χ0v) is 39.2. The van der Waals surface area contributed by atoms with Crippen LogP contribution in [0.25, 0.3) is 0 Å². The van der Waals surface area contributed by atoms with Gasteiger partial charge in [0.05, 0.1) is 6.61 Å². The second-order valence-corrected chi connectivity index (χ2v) is 18.7. The molecule has 2 atom stereocenters. The number of unbranched alkanes of at least 4 members (excludes halogenated alkanes) is 34. The van der Waals surface area contributed by atoms with Crippen molar-refractivity contribution in [2.24, 2.45) is 11.8 Å². The third-order valence-electron chi connectivity index (χ3n) is 12.4. The van der Waals surface area contributed by atoms with Crippen LogP contribution in [0.1, 0.15) is 291 Å². The smallest absolute Gasteiger partial charge is 0.306 e. The quantitative estimate of drug-likeness (QED) is 0.0490. The number of hydrogen-bond donors (Lipinski definition) is 1. The number of hydrogen-bond acceptors (Lipinski definition) is 5. The summed E-state index contributed by atoms with van der Waals surface area (Å²) in [6.07, 6.45) is 51.9. The van der Waals surface area contributed by atoms with Gasteiger partial charge in [-0.3, -0.25) is 9.59 Å². The summed E-state index contributed by atoms with van der Waals surface area (Å²) < 4.78 is 10.7. The standard InChI is InChI=1S/C52H102O5/c1-5-49(4)43-39-35-31-27-23-19-15-11-7-9-13-17-21-25-29-33-37-41-45-52(55)57-50(46-53)47-56-51(54)44-40-36-32-28-24-20-16-12-8-6-10-14-18-22-26-30-34-38-42-48(2)3/h48-50,53H,5-47H2,1-4H3/t49?,50-/m0/s1. The number of esters is 2. The predicted molar refractivity (Wildman–Crippen MR) is 247 cm³/mol. The molecule has 0 aromatic carbocycles. The van der Waals surface area contributed by atoms with Gasteiger partial charge in [0.25, 0.3) is 0 Å². The monoisotopic (exact) mass is 807 g/mol. The lowest BCUT2D eigenvalue weighted by Crippen LogP contribution is -2.28. The molecule has 0 aromatic heterocycles. The molecule has 1 unspecified atom stereocenters. The predicted octanol–water partition coefficient (Wildman–Crippen LogP) is 16.7. The number of carbonyl (C=O) groups excluding carboxylic acids is 2. The minimum atomic E-state index is -0.764. The van der Waals surface area contributed by atoms with Crippen molar-refractivity contribution < 1.29 is 24.2 Å². The van der Waals surface area contributed by atoms with Gasteiger partial charge in [-0.05, 0) is 24.7 Å². The van der Waals surface area contributed by atoms with E-state index in [1.807, 2.05) is 0 Å². The van der Waals surface area contributed by atoms with E-state index in [-0.39, 0.29) is 25.2 Å². The maximum atomic E-state index is 12.3. The van der Waals surface area contributed by atoms with Crippen LogP contribution in [0.3, 0.4) is 0 Å². The highest BCUT2D eigenvalue weighted by molar-refractivity contribution is 5.70. The van der Waals surface area contributed by atoms with E-state index >= 15 is 0 Å². The number of rotatable bonds is 47. The number of carbonyl (C=O) groups is 2. The van der Waals surface area contributed by atoms with E-state index in [1.165, 1.54) is 218 Å². The van der Waals surface area contributed by atoms with Crippen molar-refractivity contribution >= 4 is 11.9 Å². The highest BCUT2D eigenvalue weighted by Crippen LogP contribution is 2.18. The summed E-state index contributed by atoms with van der Waals surface area (Å²) in [5.74, 6) is 1.21. The van der Waals surface area contributed by atoms with Crippen LogP contribution in [0.2, 0.25) is 0 Å². The van der Waals surface area contributed by atoms with Crippen LogP contribution < -0.4 is 0 Å². The zero-order valence-electron chi connectivity index (χ0n) is 39.2. The molecule has 0 saturated heterocycles. The average Bonchev–Trinajstić information content (AvgIpc) is 3.20. The Morgan fingerprint density at radius 2 is 0.684 bits per heavy atom. The fourth-order valence-corrected chi connectivity index (χ4v) is 8.07. The van der Waals surface area contributed by atoms with Crippen LogP contribution in [0.5, 0.6) is 0 Å². The summed E-state index contributed by atoms with van der Waals surface area (Å²) in [7, 11) is 0. The first kappa shape index (κ1) is 55.9. The Kier molecular flexibility index (Phi) is 45.1. The molecule has 0 bridgehead atoms. The summed E-state index contributed by atoms with van der Waals surface area (Å²) in [5, 5.41) is 9.63. The van der Waals surface area contributed by atoms with Gasteiger partial charge >= 0.3 is 11.9 Å². The summed E-state index contributed by atoms with van der Waals surface area (Å²) in [6, 6.07) is 0. The van der Waals surface area contributed by atoms with Crippen LogP contribution >= 0.6 is 0 Å². The molecule has 0 heterocycles. The van der Waals surface area contributed by atoms with Gasteiger partial charge in [-0.1, -0.05) is 265 Å². The normalized spacial score (nSPS) is 12.7. The van der Waals surface area contributed by atoms with Gasteiger partial charge < -0.3 is 14.6 Å². The Hall–Kier alpha value is -1.10. The second kappa shape index (κ2) is 46.0. The van der Waals surface area contributed by atoms with Crippen molar-refractivity contribution in [1.82, 2.24) is 0 Å². The minimum absolute atomic E-state index is 0.0570. The van der Waals surface area contributed by atoms with E-state index in [0.717, 1.165) is 43.9 Å². The van der Waals surface area contributed by atoms with E-state index in [9.17, 15) is 14.7 Å². The molecule has 0 amide bonds. The summed E-state index contributed by atoms with van der Waals surface area (Å²) in [5.41, 5.74) is 0. The number of aliphatic hydroxyl groups is 1. The molecule has 1 N–H and O–H groups in total. The lowest BCUT2D eigenvalue weighted by atomic mass is 9.99. The Labute approximate surface area is 357 Å². The van der Waals surface area contributed by atoms with Gasteiger partial charge in [0.1, 0.15) is 6.61 Å². The zero-order chi connectivity index (χ0) is 41.7. The molecule has 0 aliphatic heterocycles. The largest absolute Gasteiger partial charge is 0.462 e. The molecule has 0 aliphatic rings. The van der Waals surface area contributed by atoms with Crippen molar-refractivity contribution in [3.05, 3.63) is 0 Å². The SMILES string of the molecule is CCC(C)CCCCCCCCCCCCCCCCCCCCC(=O)O[C@@H](CO)COC(=O)CCCCCCCCCCCCCCCCCCCCC(C)C. The lowest BCUT2D eigenvalue weighted by molar-refractivity contribution is -0.161. The minimum Gasteiger partial charge on any atom is -0.462 e. The van der Waals surface area contributed by atoms with E-state index in [1.54, 1.807) is 0 Å². The lowest BCUT2D eigenvalue weighted by Gasteiger charge is -2.15. The molecule has 0 spiro atoms. The Morgan fingerprint density at radius 3 is 0.982 bits per heavy atom. The third kappa shape index (κ3) is 45.8. The van der Waals surface area contributed by atoms with Crippen molar-refractivity contribution in [3.8, 4) is 0 Å². The molecule has 0 rings (SSSR count). The van der Waals surface area contributed by atoms with Gasteiger partial charge in [-0.25, -0.2) is 0 Å². The Bertz CT molecular complexity index is 812. The van der Waals surface area contributed by atoms with Gasteiger partial charge in [0, 0.05) is 12.8 Å². The first-order valence-electron chi connectivity index (χ1n) is 25.8. The summed E-state index contributed by atoms with van der Waals surface area (Å²) in [4.78, 5) is 24.5. The fraction of sp³-hybridized carbons (Fsp3) is 0.962.